The van der Waals surface area contributed by atoms with Crippen LogP contribution in [0.25, 0.3) is 22.3 Å². The molecule has 0 unspecified atom stereocenters. The highest BCUT2D eigenvalue weighted by Crippen LogP contribution is 2.31. The van der Waals surface area contributed by atoms with E-state index in [4.69, 9.17) is 0 Å². The van der Waals surface area contributed by atoms with Crippen molar-refractivity contribution in [1.29, 1.82) is 0 Å². The van der Waals surface area contributed by atoms with Crippen LogP contribution in [0, 0.1) is 5.82 Å². The van der Waals surface area contributed by atoms with Crippen LogP contribution in [-0.4, -0.2) is 15.1 Å². The SMILES string of the molecule is Oc1ccc(F)c(-c2ccc3[nH]c4c(c3n2)CCCC4)c1. The molecule has 1 aromatic carbocycles. The fourth-order valence-electron chi connectivity index (χ4n) is 3.12. The number of aromatic hydroxyl groups is 1. The van der Waals surface area contributed by atoms with E-state index in [1.54, 1.807) is 6.07 Å². The molecule has 2 N–H and O–H groups in total. The van der Waals surface area contributed by atoms with Crippen molar-refractivity contribution in [3.63, 3.8) is 0 Å². The number of aryl methyl sites for hydroxylation is 2. The Balaban J connectivity index is 1.92. The Labute approximate surface area is 121 Å². The maximum Gasteiger partial charge on any atom is 0.132 e. The van der Waals surface area contributed by atoms with Crippen molar-refractivity contribution in [3.8, 4) is 17.0 Å². The van der Waals surface area contributed by atoms with Gasteiger partial charge in [-0.3, -0.25) is 0 Å². The summed E-state index contributed by atoms with van der Waals surface area (Å²) in [5, 5.41) is 9.56. The third-order valence-corrected chi connectivity index (χ3v) is 4.16. The number of halogens is 1. The molecule has 3 nitrogen and oxygen atoms in total. The molecule has 0 spiro atoms. The number of hydrogen-bond acceptors (Lipinski definition) is 2. The first-order valence-electron chi connectivity index (χ1n) is 7.22. The average molecular weight is 282 g/mol. The number of aromatic nitrogens is 2. The zero-order chi connectivity index (χ0) is 14.4. The molecule has 0 fully saturated rings. The van der Waals surface area contributed by atoms with Gasteiger partial charge in [0, 0.05) is 11.3 Å². The van der Waals surface area contributed by atoms with Gasteiger partial charge >= 0.3 is 0 Å². The van der Waals surface area contributed by atoms with Crippen LogP contribution in [0.15, 0.2) is 30.3 Å². The van der Waals surface area contributed by atoms with E-state index in [2.05, 4.69) is 9.97 Å². The predicted octanol–water partition coefficient (Wildman–Crippen LogP) is 3.95. The number of nitrogens with zero attached hydrogens (tertiary/aromatic N) is 1. The summed E-state index contributed by atoms with van der Waals surface area (Å²) in [6.07, 6.45) is 4.45. The minimum absolute atomic E-state index is 0.0457. The average Bonchev–Trinajstić information content (AvgIpc) is 2.87. The molecule has 0 radical (unpaired) electrons. The van der Waals surface area contributed by atoms with Crippen LogP contribution in [0.3, 0.4) is 0 Å². The Morgan fingerprint density at radius 2 is 1.95 bits per heavy atom. The van der Waals surface area contributed by atoms with E-state index >= 15 is 0 Å². The highest BCUT2D eigenvalue weighted by molar-refractivity contribution is 5.83. The molecule has 0 amide bonds. The number of fused-ring (bicyclic) bond motifs is 3. The Morgan fingerprint density at radius 3 is 2.86 bits per heavy atom. The lowest BCUT2D eigenvalue weighted by Gasteiger charge is -2.10. The minimum Gasteiger partial charge on any atom is -0.508 e. The highest BCUT2D eigenvalue weighted by atomic mass is 19.1. The number of benzene rings is 1. The van der Waals surface area contributed by atoms with E-state index < -0.39 is 0 Å². The lowest BCUT2D eigenvalue weighted by Crippen LogP contribution is -2.00. The maximum atomic E-state index is 14.0. The summed E-state index contributed by atoms with van der Waals surface area (Å²) in [5.74, 6) is -0.326. The molecule has 0 saturated carbocycles. The molecule has 4 rings (SSSR count). The maximum absolute atomic E-state index is 14.0. The highest BCUT2D eigenvalue weighted by Gasteiger charge is 2.17. The van der Waals surface area contributed by atoms with Crippen molar-refractivity contribution >= 4 is 11.0 Å². The van der Waals surface area contributed by atoms with Gasteiger partial charge in [0.15, 0.2) is 0 Å². The monoisotopic (exact) mass is 282 g/mol. The third kappa shape index (κ3) is 1.98. The molecule has 3 aromatic rings. The van der Waals surface area contributed by atoms with Gasteiger partial charge in [-0.1, -0.05) is 0 Å². The van der Waals surface area contributed by atoms with Gasteiger partial charge < -0.3 is 10.1 Å². The standard InChI is InChI=1S/C17H15FN2O/c18-13-6-5-10(21)9-12(13)15-7-8-16-17(20-15)11-3-1-2-4-14(11)19-16/h5-9,19,21H,1-4H2. The molecule has 0 aliphatic heterocycles. The normalized spacial score (nSPS) is 14.3. The van der Waals surface area contributed by atoms with Gasteiger partial charge in [-0.05, 0) is 61.6 Å². The smallest absolute Gasteiger partial charge is 0.132 e. The van der Waals surface area contributed by atoms with E-state index in [-0.39, 0.29) is 11.6 Å². The molecule has 0 bridgehead atoms. The summed E-state index contributed by atoms with van der Waals surface area (Å²) in [6.45, 7) is 0. The summed E-state index contributed by atoms with van der Waals surface area (Å²) in [5.41, 5.74) is 5.36. The number of H-pyrrole nitrogens is 1. The number of rotatable bonds is 1. The van der Waals surface area contributed by atoms with Gasteiger partial charge in [0.05, 0.1) is 16.7 Å². The minimum atomic E-state index is -0.371. The van der Waals surface area contributed by atoms with Gasteiger partial charge in [-0.15, -0.1) is 0 Å². The molecular formula is C17H15FN2O. The first-order chi connectivity index (χ1) is 10.2. The van der Waals surface area contributed by atoms with E-state index in [0.717, 1.165) is 23.9 Å². The van der Waals surface area contributed by atoms with Crippen LogP contribution in [0.5, 0.6) is 5.75 Å². The largest absolute Gasteiger partial charge is 0.508 e. The zero-order valence-corrected chi connectivity index (χ0v) is 11.5. The number of aromatic amines is 1. The van der Waals surface area contributed by atoms with Crippen LogP contribution in [-0.2, 0) is 12.8 Å². The molecule has 4 heteroatoms. The van der Waals surface area contributed by atoms with Crippen LogP contribution in [0.2, 0.25) is 0 Å². The number of nitrogens with one attached hydrogen (secondary N) is 1. The second-order valence-corrected chi connectivity index (χ2v) is 5.55. The molecule has 21 heavy (non-hydrogen) atoms. The number of phenols is 1. The van der Waals surface area contributed by atoms with Gasteiger partial charge in [-0.25, -0.2) is 9.37 Å². The second-order valence-electron chi connectivity index (χ2n) is 5.55. The molecule has 0 atom stereocenters. The quantitative estimate of drug-likeness (QED) is 0.710. The zero-order valence-electron chi connectivity index (χ0n) is 11.5. The van der Waals surface area contributed by atoms with Gasteiger partial charge in [0.2, 0.25) is 0 Å². The fourth-order valence-corrected chi connectivity index (χ4v) is 3.12. The second kappa shape index (κ2) is 4.58. The Bertz CT molecular complexity index is 838. The van der Waals surface area contributed by atoms with Crippen LogP contribution in [0.4, 0.5) is 4.39 Å². The van der Waals surface area contributed by atoms with Crippen LogP contribution < -0.4 is 0 Å². The summed E-state index contributed by atoms with van der Waals surface area (Å²) in [6, 6.07) is 7.77. The topological polar surface area (TPSA) is 48.9 Å². The van der Waals surface area contributed by atoms with E-state index in [0.29, 0.717) is 11.3 Å². The van der Waals surface area contributed by atoms with Crippen LogP contribution >= 0.6 is 0 Å². The van der Waals surface area contributed by atoms with E-state index in [9.17, 15) is 9.50 Å². The first kappa shape index (κ1) is 12.4. The molecular weight excluding hydrogens is 267 g/mol. The van der Waals surface area contributed by atoms with E-state index in [1.807, 2.05) is 6.07 Å². The van der Waals surface area contributed by atoms with Crippen molar-refractivity contribution < 1.29 is 9.50 Å². The number of hydrogen-bond donors (Lipinski definition) is 2. The van der Waals surface area contributed by atoms with Gasteiger partial charge in [0.25, 0.3) is 0 Å². The number of pyridine rings is 1. The summed E-state index contributed by atoms with van der Waals surface area (Å²) < 4.78 is 14.0. The molecule has 1 aliphatic carbocycles. The summed E-state index contributed by atoms with van der Waals surface area (Å²) in [7, 11) is 0. The van der Waals surface area contributed by atoms with E-state index in [1.165, 1.54) is 42.3 Å². The lowest BCUT2D eigenvalue weighted by atomic mass is 9.97. The fraction of sp³-hybridized carbons (Fsp3) is 0.235. The lowest BCUT2D eigenvalue weighted by molar-refractivity contribution is 0.473. The third-order valence-electron chi connectivity index (χ3n) is 4.16. The van der Waals surface area contributed by atoms with Crippen molar-refractivity contribution in [2.24, 2.45) is 0 Å². The molecule has 0 saturated heterocycles. The predicted molar refractivity (Wildman–Crippen MR) is 79.8 cm³/mol. The molecule has 106 valence electrons. The Kier molecular flexibility index (Phi) is 2.70. The molecule has 1 aliphatic rings. The molecule has 2 heterocycles. The number of phenolic OH excluding ortho intramolecular Hbond substituents is 1. The van der Waals surface area contributed by atoms with Gasteiger partial charge in [0.1, 0.15) is 11.6 Å². The summed E-state index contributed by atoms with van der Waals surface area (Å²) >= 11 is 0. The van der Waals surface area contributed by atoms with Gasteiger partial charge in [-0.2, -0.15) is 0 Å². The van der Waals surface area contributed by atoms with Crippen molar-refractivity contribution in [3.05, 3.63) is 47.4 Å². The Hall–Kier alpha value is -2.36. The molecule has 2 aromatic heterocycles. The summed E-state index contributed by atoms with van der Waals surface area (Å²) in [4.78, 5) is 8.05. The van der Waals surface area contributed by atoms with Crippen LogP contribution in [0.1, 0.15) is 24.1 Å². The van der Waals surface area contributed by atoms with Crippen molar-refractivity contribution in [2.75, 3.05) is 0 Å². The van der Waals surface area contributed by atoms with Crippen molar-refractivity contribution in [1.82, 2.24) is 9.97 Å². The van der Waals surface area contributed by atoms with Crippen molar-refractivity contribution in [2.45, 2.75) is 25.7 Å². The Morgan fingerprint density at radius 1 is 1.10 bits per heavy atom. The first-order valence-corrected chi connectivity index (χ1v) is 7.22.